The van der Waals surface area contributed by atoms with E-state index in [9.17, 15) is 24.8 Å². The molecule has 0 radical (unpaired) electrons. The smallest absolute Gasteiger partial charge is 0.326 e. The summed E-state index contributed by atoms with van der Waals surface area (Å²) in [6, 6.07) is 3.43. The summed E-state index contributed by atoms with van der Waals surface area (Å²) in [6.45, 7) is 3.66. The molecule has 1 heterocycles. The van der Waals surface area contributed by atoms with Gasteiger partial charge in [0, 0.05) is 24.7 Å². The van der Waals surface area contributed by atoms with Gasteiger partial charge in [-0.15, -0.1) is 0 Å². The van der Waals surface area contributed by atoms with Gasteiger partial charge in [0.25, 0.3) is 11.6 Å². The van der Waals surface area contributed by atoms with Crippen molar-refractivity contribution < 1.29 is 19.6 Å². The quantitative estimate of drug-likeness (QED) is 0.594. The number of hydrogen-bond acceptors (Lipinski definition) is 5. The molecule has 140 valence electrons. The van der Waals surface area contributed by atoms with Gasteiger partial charge >= 0.3 is 5.97 Å². The fourth-order valence-corrected chi connectivity index (χ4v) is 3.36. The first kappa shape index (κ1) is 18.2. The minimum atomic E-state index is -1.07. The minimum Gasteiger partial charge on any atom is -0.480 e. The molecule has 2 N–H and O–H groups in total. The Morgan fingerprint density at radius 3 is 2.46 bits per heavy atom. The van der Waals surface area contributed by atoms with Crippen LogP contribution >= 0.6 is 0 Å². The van der Waals surface area contributed by atoms with Crippen LogP contribution in [0.2, 0.25) is 0 Å². The molecule has 1 saturated carbocycles. The van der Waals surface area contributed by atoms with Gasteiger partial charge in [-0.05, 0) is 49.7 Å². The van der Waals surface area contributed by atoms with E-state index in [1.807, 2.05) is 4.90 Å². The highest BCUT2D eigenvalue weighted by Crippen LogP contribution is 2.34. The van der Waals surface area contributed by atoms with E-state index in [1.165, 1.54) is 12.1 Å². The van der Waals surface area contributed by atoms with Crippen LogP contribution < -0.4 is 10.2 Å². The van der Waals surface area contributed by atoms with Gasteiger partial charge in [-0.3, -0.25) is 14.9 Å². The Morgan fingerprint density at radius 1 is 1.27 bits per heavy atom. The summed E-state index contributed by atoms with van der Waals surface area (Å²) < 4.78 is 0. The fourth-order valence-electron chi connectivity index (χ4n) is 3.36. The van der Waals surface area contributed by atoms with Gasteiger partial charge in [-0.25, -0.2) is 4.79 Å². The standard InChI is InChI=1S/C18H23N3O5/c1-11-6-8-20(9-7-11)14-5-4-13(10-15(14)21(25)26)17(22)19-16(18(23)24)12-2-3-12/h4-5,10-12,16H,2-3,6-9H2,1H3,(H,19,22)(H,23,24). The number of nitro benzene ring substituents is 1. The van der Waals surface area contributed by atoms with E-state index in [4.69, 9.17) is 0 Å². The molecule has 3 rings (SSSR count). The monoisotopic (exact) mass is 361 g/mol. The van der Waals surface area contributed by atoms with Gasteiger partial charge in [0.2, 0.25) is 0 Å². The molecule has 0 spiro atoms. The average Bonchev–Trinajstić information content (AvgIpc) is 3.44. The number of carboxylic acids is 1. The Hall–Kier alpha value is -2.64. The minimum absolute atomic E-state index is 0.0546. The van der Waals surface area contributed by atoms with Crippen molar-refractivity contribution in [3.05, 3.63) is 33.9 Å². The van der Waals surface area contributed by atoms with E-state index >= 15 is 0 Å². The second-order valence-electron chi connectivity index (χ2n) is 7.26. The molecule has 1 aliphatic carbocycles. The Labute approximate surface area is 151 Å². The van der Waals surface area contributed by atoms with Crippen LogP contribution in [0.3, 0.4) is 0 Å². The number of nitrogens with zero attached hydrogens (tertiary/aromatic N) is 2. The van der Waals surface area contributed by atoms with E-state index in [2.05, 4.69) is 12.2 Å². The van der Waals surface area contributed by atoms with Crippen LogP contribution in [0, 0.1) is 22.0 Å². The van der Waals surface area contributed by atoms with Gasteiger partial charge in [0.15, 0.2) is 0 Å². The lowest BCUT2D eigenvalue weighted by Gasteiger charge is -2.31. The highest BCUT2D eigenvalue weighted by Gasteiger charge is 2.37. The van der Waals surface area contributed by atoms with Crippen LogP contribution in [-0.4, -0.2) is 41.0 Å². The van der Waals surface area contributed by atoms with Crippen molar-refractivity contribution in [2.75, 3.05) is 18.0 Å². The maximum absolute atomic E-state index is 12.4. The molecule has 1 aromatic carbocycles. The van der Waals surface area contributed by atoms with Crippen molar-refractivity contribution in [2.45, 2.75) is 38.6 Å². The summed E-state index contributed by atoms with van der Waals surface area (Å²) in [5.41, 5.74) is 0.499. The predicted molar refractivity (Wildman–Crippen MR) is 95.3 cm³/mol. The fraction of sp³-hybridized carbons (Fsp3) is 0.556. The van der Waals surface area contributed by atoms with Crippen LogP contribution in [0.5, 0.6) is 0 Å². The van der Waals surface area contributed by atoms with E-state index in [-0.39, 0.29) is 17.2 Å². The number of benzene rings is 1. The molecule has 1 aromatic rings. The van der Waals surface area contributed by atoms with Crippen molar-refractivity contribution in [1.29, 1.82) is 0 Å². The first-order valence-electron chi connectivity index (χ1n) is 8.94. The molecular formula is C18H23N3O5. The third-order valence-electron chi connectivity index (χ3n) is 5.20. The molecular weight excluding hydrogens is 338 g/mol. The molecule has 2 fully saturated rings. The topological polar surface area (TPSA) is 113 Å². The molecule has 2 aliphatic rings. The Morgan fingerprint density at radius 2 is 1.92 bits per heavy atom. The molecule has 0 bridgehead atoms. The second kappa shape index (κ2) is 7.31. The maximum Gasteiger partial charge on any atom is 0.326 e. The number of piperidine rings is 1. The molecule has 1 amide bonds. The van der Waals surface area contributed by atoms with Crippen molar-refractivity contribution in [1.82, 2.24) is 5.32 Å². The second-order valence-corrected chi connectivity index (χ2v) is 7.26. The SMILES string of the molecule is CC1CCN(c2ccc(C(=O)NC(C(=O)O)C3CC3)cc2[N+](=O)[O-])CC1. The molecule has 1 aliphatic heterocycles. The number of aliphatic carboxylic acids is 1. The Balaban J connectivity index is 1.80. The summed E-state index contributed by atoms with van der Waals surface area (Å²) in [5.74, 6) is -1.12. The molecule has 8 heteroatoms. The highest BCUT2D eigenvalue weighted by atomic mass is 16.6. The lowest BCUT2D eigenvalue weighted by atomic mass is 9.98. The number of nitrogens with one attached hydrogen (secondary N) is 1. The third kappa shape index (κ3) is 3.95. The van der Waals surface area contributed by atoms with E-state index < -0.39 is 22.8 Å². The van der Waals surface area contributed by atoms with Crippen molar-refractivity contribution in [3.8, 4) is 0 Å². The van der Waals surface area contributed by atoms with Crippen LogP contribution in [-0.2, 0) is 4.79 Å². The van der Waals surface area contributed by atoms with Crippen LogP contribution in [0.4, 0.5) is 11.4 Å². The van der Waals surface area contributed by atoms with Crippen LogP contribution in [0.25, 0.3) is 0 Å². The van der Waals surface area contributed by atoms with Gasteiger partial charge in [0.05, 0.1) is 4.92 Å². The molecule has 0 aromatic heterocycles. The normalized spacial score (nSPS) is 19.0. The molecule has 26 heavy (non-hydrogen) atoms. The lowest BCUT2D eigenvalue weighted by Crippen LogP contribution is -2.42. The molecule has 1 saturated heterocycles. The summed E-state index contributed by atoms with van der Waals surface area (Å²) in [5, 5.41) is 23.2. The van der Waals surface area contributed by atoms with Gasteiger partial charge < -0.3 is 15.3 Å². The Bertz CT molecular complexity index is 724. The largest absolute Gasteiger partial charge is 0.480 e. The zero-order valence-electron chi connectivity index (χ0n) is 14.7. The predicted octanol–water partition coefficient (Wildman–Crippen LogP) is 2.42. The molecule has 8 nitrogen and oxygen atoms in total. The first-order chi connectivity index (χ1) is 12.4. The third-order valence-corrected chi connectivity index (χ3v) is 5.20. The zero-order chi connectivity index (χ0) is 18.8. The van der Waals surface area contributed by atoms with E-state index in [1.54, 1.807) is 6.07 Å². The van der Waals surface area contributed by atoms with Crippen molar-refractivity contribution >= 4 is 23.3 Å². The number of rotatable bonds is 6. The number of nitro groups is 1. The van der Waals surface area contributed by atoms with Crippen LogP contribution in [0.1, 0.15) is 43.0 Å². The molecule has 1 atom stereocenters. The lowest BCUT2D eigenvalue weighted by molar-refractivity contribution is -0.384. The van der Waals surface area contributed by atoms with E-state index in [0.29, 0.717) is 11.6 Å². The summed E-state index contributed by atoms with van der Waals surface area (Å²) in [7, 11) is 0. The summed E-state index contributed by atoms with van der Waals surface area (Å²) >= 11 is 0. The number of amides is 1. The van der Waals surface area contributed by atoms with Crippen molar-refractivity contribution in [2.24, 2.45) is 11.8 Å². The number of carbonyl (C=O) groups excluding carboxylic acids is 1. The van der Waals surface area contributed by atoms with Crippen LogP contribution in [0.15, 0.2) is 18.2 Å². The zero-order valence-corrected chi connectivity index (χ0v) is 14.7. The van der Waals surface area contributed by atoms with E-state index in [0.717, 1.165) is 38.8 Å². The van der Waals surface area contributed by atoms with Crippen molar-refractivity contribution in [3.63, 3.8) is 0 Å². The Kier molecular flexibility index (Phi) is 5.11. The van der Waals surface area contributed by atoms with Gasteiger partial charge in [-0.1, -0.05) is 6.92 Å². The number of hydrogen-bond donors (Lipinski definition) is 2. The van der Waals surface area contributed by atoms with Gasteiger partial charge in [-0.2, -0.15) is 0 Å². The summed E-state index contributed by atoms with van der Waals surface area (Å²) in [6.07, 6.45) is 3.48. The number of carboxylic acid groups (broad SMARTS) is 1. The first-order valence-corrected chi connectivity index (χ1v) is 8.94. The number of carbonyl (C=O) groups is 2. The highest BCUT2D eigenvalue weighted by molar-refractivity contribution is 5.98. The maximum atomic E-state index is 12.4. The summed E-state index contributed by atoms with van der Waals surface area (Å²) in [4.78, 5) is 36.7. The average molecular weight is 361 g/mol. The molecule has 1 unspecified atom stereocenters. The van der Waals surface area contributed by atoms with Gasteiger partial charge in [0.1, 0.15) is 11.7 Å². The number of anilines is 1.